The van der Waals surface area contributed by atoms with Crippen LogP contribution >= 0.6 is 0 Å². The molecule has 1 aromatic carbocycles. The summed E-state index contributed by atoms with van der Waals surface area (Å²) in [6, 6.07) is 9.61. The average molecular weight is 390 g/mol. The van der Waals surface area contributed by atoms with Crippen molar-refractivity contribution in [2.24, 2.45) is 0 Å². The second kappa shape index (κ2) is 7.83. The molecule has 2 aromatic rings. The lowest BCUT2D eigenvalue weighted by Gasteiger charge is -2.34. The maximum Gasteiger partial charge on any atom is 0.261 e. The quantitative estimate of drug-likeness (QED) is 0.833. The number of ether oxygens (including phenoxy) is 1. The van der Waals surface area contributed by atoms with Crippen molar-refractivity contribution in [1.29, 1.82) is 0 Å². The van der Waals surface area contributed by atoms with Crippen molar-refractivity contribution in [3.63, 3.8) is 0 Å². The zero-order chi connectivity index (χ0) is 19.4. The minimum atomic E-state index is -3.70. The van der Waals surface area contributed by atoms with Crippen molar-refractivity contribution in [1.82, 2.24) is 9.88 Å². The summed E-state index contributed by atoms with van der Waals surface area (Å²) in [5.74, 6) is 1.42. The number of hydrogen-bond acceptors (Lipinski definition) is 6. The third kappa shape index (κ3) is 4.48. The molecule has 0 spiro atoms. The van der Waals surface area contributed by atoms with E-state index in [9.17, 15) is 13.2 Å². The Labute approximate surface area is 158 Å². The van der Waals surface area contributed by atoms with Gasteiger partial charge in [-0.05, 0) is 36.4 Å². The lowest BCUT2D eigenvalue weighted by Crippen LogP contribution is -2.48. The van der Waals surface area contributed by atoms with Gasteiger partial charge in [-0.3, -0.25) is 9.52 Å². The predicted octanol–water partition coefficient (Wildman–Crippen LogP) is 1.56. The Kier molecular flexibility index (Phi) is 5.50. The van der Waals surface area contributed by atoms with Gasteiger partial charge in [0.1, 0.15) is 11.6 Å². The standard InChI is InChI=1S/C18H22N4O4S/c1-14(23)21-9-11-22(12-10-21)18-8-3-15(13-19-18)20-27(24,25)17-6-4-16(26-2)5-7-17/h3-8,13,20H,9-12H2,1-2H3. The summed E-state index contributed by atoms with van der Waals surface area (Å²) in [7, 11) is -2.17. The minimum Gasteiger partial charge on any atom is -0.497 e. The Morgan fingerprint density at radius 1 is 1.07 bits per heavy atom. The maximum atomic E-state index is 12.5. The highest BCUT2D eigenvalue weighted by molar-refractivity contribution is 7.92. The number of sulfonamides is 1. The molecule has 0 saturated carbocycles. The third-order valence-corrected chi connectivity index (χ3v) is 5.82. The molecule has 0 unspecified atom stereocenters. The fraction of sp³-hybridized carbons (Fsp3) is 0.333. The van der Waals surface area contributed by atoms with E-state index >= 15 is 0 Å². The molecule has 0 aliphatic carbocycles. The van der Waals surface area contributed by atoms with Crippen LogP contribution in [-0.2, 0) is 14.8 Å². The monoisotopic (exact) mass is 390 g/mol. The summed E-state index contributed by atoms with van der Waals surface area (Å²) in [5.41, 5.74) is 0.386. The molecule has 1 aromatic heterocycles. The molecule has 1 N–H and O–H groups in total. The van der Waals surface area contributed by atoms with Crippen molar-refractivity contribution < 1.29 is 17.9 Å². The molecule has 1 saturated heterocycles. The predicted molar refractivity (Wildman–Crippen MR) is 103 cm³/mol. The number of carbonyl (C=O) groups excluding carboxylic acids is 1. The third-order valence-electron chi connectivity index (χ3n) is 4.42. The summed E-state index contributed by atoms with van der Waals surface area (Å²) in [6.07, 6.45) is 1.49. The summed E-state index contributed by atoms with van der Waals surface area (Å²) in [6.45, 7) is 4.27. The summed E-state index contributed by atoms with van der Waals surface area (Å²) in [4.78, 5) is 19.8. The molecule has 2 heterocycles. The van der Waals surface area contributed by atoms with Crippen LogP contribution in [0.25, 0.3) is 0 Å². The number of aromatic nitrogens is 1. The van der Waals surface area contributed by atoms with Crippen LogP contribution < -0.4 is 14.4 Å². The van der Waals surface area contributed by atoms with Gasteiger partial charge in [-0.2, -0.15) is 0 Å². The molecule has 144 valence electrons. The molecule has 8 nitrogen and oxygen atoms in total. The van der Waals surface area contributed by atoms with E-state index in [2.05, 4.69) is 14.6 Å². The first-order chi connectivity index (χ1) is 12.9. The molecular formula is C18H22N4O4S. The van der Waals surface area contributed by atoms with Gasteiger partial charge in [-0.25, -0.2) is 13.4 Å². The highest BCUT2D eigenvalue weighted by Crippen LogP contribution is 2.21. The van der Waals surface area contributed by atoms with Gasteiger partial charge >= 0.3 is 0 Å². The fourth-order valence-corrected chi connectivity index (χ4v) is 3.90. The van der Waals surface area contributed by atoms with Crippen LogP contribution in [0.4, 0.5) is 11.5 Å². The largest absolute Gasteiger partial charge is 0.497 e. The van der Waals surface area contributed by atoms with Gasteiger partial charge < -0.3 is 14.5 Å². The van der Waals surface area contributed by atoms with Crippen molar-refractivity contribution in [3.8, 4) is 5.75 Å². The molecule has 3 rings (SSSR count). The highest BCUT2D eigenvalue weighted by atomic mass is 32.2. The molecule has 0 radical (unpaired) electrons. The Bertz CT molecular complexity index is 890. The molecule has 0 atom stereocenters. The smallest absolute Gasteiger partial charge is 0.261 e. The first-order valence-electron chi connectivity index (χ1n) is 8.52. The zero-order valence-corrected chi connectivity index (χ0v) is 16.1. The average Bonchev–Trinajstić information content (AvgIpc) is 2.68. The van der Waals surface area contributed by atoms with Gasteiger partial charge in [0.15, 0.2) is 0 Å². The molecule has 1 amide bonds. The van der Waals surface area contributed by atoms with Crippen LogP contribution in [0.3, 0.4) is 0 Å². The van der Waals surface area contributed by atoms with E-state index in [0.29, 0.717) is 37.6 Å². The maximum absolute atomic E-state index is 12.5. The lowest BCUT2D eigenvalue weighted by atomic mass is 10.3. The fourth-order valence-electron chi connectivity index (χ4n) is 2.85. The number of rotatable bonds is 5. The molecule has 0 bridgehead atoms. The topological polar surface area (TPSA) is 91.8 Å². The second-order valence-corrected chi connectivity index (χ2v) is 7.86. The van der Waals surface area contributed by atoms with E-state index in [1.165, 1.54) is 25.4 Å². The molecule has 9 heteroatoms. The van der Waals surface area contributed by atoms with E-state index in [1.54, 1.807) is 36.1 Å². The number of benzene rings is 1. The second-order valence-electron chi connectivity index (χ2n) is 6.18. The summed E-state index contributed by atoms with van der Waals surface area (Å²) in [5, 5.41) is 0. The van der Waals surface area contributed by atoms with Crippen molar-refractivity contribution in [3.05, 3.63) is 42.6 Å². The van der Waals surface area contributed by atoms with Crippen molar-refractivity contribution >= 4 is 27.4 Å². The van der Waals surface area contributed by atoms with Crippen LogP contribution in [-0.4, -0.2) is 57.5 Å². The number of hydrogen-bond donors (Lipinski definition) is 1. The number of nitrogens with one attached hydrogen (secondary N) is 1. The van der Waals surface area contributed by atoms with Crippen LogP contribution in [0.5, 0.6) is 5.75 Å². The molecule has 1 fully saturated rings. The van der Waals surface area contributed by atoms with E-state index in [0.717, 1.165) is 5.82 Å². The number of amides is 1. The highest BCUT2D eigenvalue weighted by Gasteiger charge is 2.20. The van der Waals surface area contributed by atoms with Gasteiger partial charge in [-0.1, -0.05) is 0 Å². The first kappa shape index (κ1) is 19.0. The van der Waals surface area contributed by atoms with E-state index in [4.69, 9.17) is 4.74 Å². The first-order valence-corrected chi connectivity index (χ1v) is 10.0. The normalized spacial score (nSPS) is 14.7. The Hall–Kier alpha value is -2.81. The van der Waals surface area contributed by atoms with Crippen LogP contribution in [0, 0.1) is 0 Å². The number of pyridine rings is 1. The van der Waals surface area contributed by atoms with Crippen LogP contribution in [0.1, 0.15) is 6.92 Å². The van der Waals surface area contributed by atoms with E-state index in [-0.39, 0.29) is 10.8 Å². The van der Waals surface area contributed by atoms with Gasteiger partial charge in [0, 0.05) is 33.1 Å². The number of piperazine rings is 1. The number of nitrogens with zero attached hydrogens (tertiary/aromatic N) is 3. The Balaban J connectivity index is 1.66. The Morgan fingerprint density at radius 3 is 2.26 bits per heavy atom. The van der Waals surface area contributed by atoms with Gasteiger partial charge in [0.25, 0.3) is 10.0 Å². The lowest BCUT2D eigenvalue weighted by molar-refractivity contribution is -0.129. The number of methoxy groups -OCH3 is 1. The van der Waals surface area contributed by atoms with Crippen molar-refractivity contribution in [2.75, 3.05) is 42.9 Å². The summed E-state index contributed by atoms with van der Waals surface area (Å²) < 4.78 is 32.5. The molecule has 1 aliphatic rings. The zero-order valence-electron chi connectivity index (χ0n) is 15.3. The van der Waals surface area contributed by atoms with Crippen molar-refractivity contribution in [2.45, 2.75) is 11.8 Å². The van der Waals surface area contributed by atoms with E-state index < -0.39 is 10.0 Å². The molecule has 27 heavy (non-hydrogen) atoms. The summed E-state index contributed by atoms with van der Waals surface area (Å²) >= 11 is 0. The van der Waals surface area contributed by atoms with E-state index in [1.807, 2.05) is 0 Å². The SMILES string of the molecule is COc1ccc(S(=O)(=O)Nc2ccc(N3CCN(C(C)=O)CC3)nc2)cc1. The minimum absolute atomic E-state index is 0.0749. The molecule has 1 aliphatic heterocycles. The van der Waals surface area contributed by atoms with Gasteiger partial charge in [0.2, 0.25) is 5.91 Å². The van der Waals surface area contributed by atoms with Crippen LogP contribution in [0.15, 0.2) is 47.5 Å². The Morgan fingerprint density at radius 2 is 1.74 bits per heavy atom. The van der Waals surface area contributed by atoms with Gasteiger partial charge in [-0.15, -0.1) is 0 Å². The number of anilines is 2. The van der Waals surface area contributed by atoms with Crippen LogP contribution in [0.2, 0.25) is 0 Å². The number of carbonyl (C=O) groups is 1. The molecular weight excluding hydrogens is 368 g/mol. The van der Waals surface area contributed by atoms with Gasteiger partial charge in [0.05, 0.1) is 23.9 Å².